The van der Waals surface area contributed by atoms with Gasteiger partial charge in [0.2, 0.25) is 0 Å². The quantitative estimate of drug-likeness (QED) is 0.135. The van der Waals surface area contributed by atoms with Gasteiger partial charge in [-0.15, -0.1) is 0 Å². The van der Waals surface area contributed by atoms with Crippen LogP contribution in [-0.4, -0.2) is 19.3 Å². The first-order valence-electron chi connectivity index (χ1n) is 15.6. The van der Waals surface area contributed by atoms with Crippen LogP contribution in [0, 0.1) is 5.92 Å². The predicted molar refractivity (Wildman–Crippen MR) is 152 cm³/mol. The lowest BCUT2D eigenvalue weighted by Gasteiger charge is -2.20. The molecule has 1 aromatic rings. The minimum Gasteiger partial charge on any atom is -0.378 e. The van der Waals surface area contributed by atoms with E-state index in [4.69, 9.17) is 9.47 Å². The lowest BCUT2D eigenvalue weighted by molar-refractivity contribution is -0.0119. The largest absolute Gasteiger partial charge is 0.378 e. The first-order valence-corrected chi connectivity index (χ1v) is 15.6. The molecular weight excluding hydrogens is 428 g/mol. The van der Waals surface area contributed by atoms with Crippen LogP contribution in [0.1, 0.15) is 147 Å². The van der Waals surface area contributed by atoms with Crippen molar-refractivity contribution >= 4 is 0 Å². The van der Waals surface area contributed by atoms with E-state index < -0.39 is 0 Å². The molecule has 0 aliphatic heterocycles. The Balaban J connectivity index is 1.29. The van der Waals surface area contributed by atoms with Crippen LogP contribution < -0.4 is 0 Å². The summed E-state index contributed by atoms with van der Waals surface area (Å²) in [5, 5.41) is 0. The molecule has 1 aliphatic rings. The highest BCUT2D eigenvalue weighted by Crippen LogP contribution is 2.29. The maximum Gasteiger partial charge on any atom is 0.0717 e. The van der Waals surface area contributed by atoms with Crippen LogP contribution >= 0.6 is 0 Å². The van der Waals surface area contributed by atoms with Crippen LogP contribution in [-0.2, 0) is 16.1 Å². The van der Waals surface area contributed by atoms with E-state index in [1.165, 1.54) is 140 Å². The number of hydrogen-bond donors (Lipinski definition) is 0. The summed E-state index contributed by atoms with van der Waals surface area (Å²) in [6.07, 6.45) is 29.9. The lowest BCUT2D eigenvalue weighted by atomic mass is 10.0. The second kappa shape index (κ2) is 22.3. The summed E-state index contributed by atoms with van der Waals surface area (Å²) in [4.78, 5) is 0. The summed E-state index contributed by atoms with van der Waals surface area (Å²) >= 11 is 0. The molecule has 2 nitrogen and oxygen atoms in total. The van der Waals surface area contributed by atoms with E-state index in [0.29, 0.717) is 12.0 Å². The number of rotatable bonds is 24. The van der Waals surface area contributed by atoms with Gasteiger partial charge in [-0.2, -0.15) is 0 Å². The molecule has 1 aromatic carbocycles. The minimum atomic E-state index is 0.427. The third-order valence-corrected chi connectivity index (χ3v) is 7.86. The summed E-state index contributed by atoms with van der Waals surface area (Å²) in [6.45, 7) is 4.81. The summed E-state index contributed by atoms with van der Waals surface area (Å²) in [6, 6.07) is 10.5. The molecule has 0 saturated heterocycles. The molecule has 0 radical (unpaired) electrons. The minimum absolute atomic E-state index is 0.427. The van der Waals surface area contributed by atoms with Gasteiger partial charge < -0.3 is 9.47 Å². The van der Waals surface area contributed by atoms with Gasteiger partial charge in [-0.1, -0.05) is 153 Å². The van der Waals surface area contributed by atoms with E-state index in [1.54, 1.807) is 0 Å². The molecular formula is C33H58O2. The highest BCUT2D eigenvalue weighted by atomic mass is 16.5. The molecule has 202 valence electrons. The Bertz CT molecular complexity index is 557. The molecule has 0 bridgehead atoms. The van der Waals surface area contributed by atoms with Crippen molar-refractivity contribution in [1.29, 1.82) is 0 Å². The zero-order valence-electron chi connectivity index (χ0n) is 23.3. The van der Waals surface area contributed by atoms with E-state index in [0.717, 1.165) is 19.8 Å². The van der Waals surface area contributed by atoms with Crippen molar-refractivity contribution < 1.29 is 9.47 Å². The van der Waals surface area contributed by atoms with Gasteiger partial charge in [-0.3, -0.25) is 0 Å². The average Bonchev–Trinajstić information content (AvgIpc) is 3.33. The Hall–Kier alpha value is -0.860. The van der Waals surface area contributed by atoms with Gasteiger partial charge in [0.05, 0.1) is 19.3 Å². The smallest absolute Gasteiger partial charge is 0.0717 e. The molecule has 0 aromatic heterocycles. The van der Waals surface area contributed by atoms with Gasteiger partial charge in [-0.05, 0) is 24.8 Å². The first-order chi connectivity index (χ1) is 17.4. The third kappa shape index (κ3) is 16.5. The second-order valence-electron chi connectivity index (χ2n) is 11.1. The van der Waals surface area contributed by atoms with E-state index in [9.17, 15) is 0 Å². The van der Waals surface area contributed by atoms with Crippen LogP contribution in [0.15, 0.2) is 30.3 Å². The van der Waals surface area contributed by atoms with Crippen LogP contribution in [0.4, 0.5) is 0 Å². The van der Waals surface area contributed by atoms with Gasteiger partial charge in [0.15, 0.2) is 0 Å². The van der Waals surface area contributed by atoms with Crippen LogP contribution in [0.2, 0.25) is 0 Å². The zero-order valence-corrected chi connectivity index (χ0v) is 23.3. The molecule has 0 N–H and O–H groups in total. The fourth-order valence-electron chi connectivity index (χ4n) is 5.55. The topological polar surface area (TPSA) is 18.5 Å². The molecule has 0 amide bonds. The van der Waals surface area contributed by atoms with Crippen LogP contribution in [0.3, 0.4) is 0 Å². The molecule has 1 saturated carbocycles. The highest BCUT2D eigenvalue weighted by Gasteiger charge is 2.27. The number of unbranched alkanes of at least 4 members (excludes halogenated alkanes) is 17. The number of benzene rings is 1. The van der Waals surface area contributed by atoms with Crippen molar-refractivity contribution in [2.75, 3.05) is 13.2 Å². The summed E-state index contributed by atoms with van der Waals surface area (Å²) in [5.41, 5.74) is 1.27. The molecule has 0 spiro atoms. The Morgan fingerprint density at radius 2 is 1.14 bits per heavy atom. The highest BCUT2D eigenvalue weighted by molar-refractivity contribution is 5.13. The van der Waals surface area contributed by atoms with E-state index >= 15 is 0 Å². The normalized spacial score (nSPS) is 17.9. The molecule has 2 atom stereocenters. The van der Waals surface area contributed by atoms with Crippen molar-refractivity contribution in [3.8, 4) is 0 Å². The summed E-state index contributed by atoms with van der Waals surface area (Å²) in [7, 11) is 0. The molecule has 35 heavy (non-hydrogen) atoms. The monoisotopic (exact) mass is 486 g/mol. The van der Waals surface area contributed by atoms with Crippen molar-refractivity contribution in [2.24, 2.45) is 5.92 Å². The van der Waals surface area contributed by atoms with Crippen molar-refractivity contribution in [2.45, 2.75) is 154 Å². The van der Waals surface area contributed by atoms with E-state index in [2.05, 4.69) is 37.3 Å². The SMILES string of the molecule is CCCCCCCCCCCCCCCCCCCCO[C@H]1CCC[C@H]1COCc1ccccc1. The molecule has 1 fully saturated rings. The Morgan fingerprint density at radius 1 is 0.629 bits per heavy atom. The molecule has 2 rings (SSSR count). The van der Waals surface area contributed by atoms with Crippen molar-refractivity contribution in [1.82, 2.24) is 0 Å². The first kappa shape index (κ1) is 30.4. The standard InChI is InChI=1S/C33H58O2/c1-2-3-4-5-6-7-8-9-10-11-12-13-14-15-16-17-18-22-28-35-33-27-23-26-32(33)30-34-29-31-24-20-19-21-25-31/h19-21,24-25,32-33H,2-18,22-23,26-30H2,1H3/t32-,33-/m0/s1. The number of hydrogen-bond acceptors (Lipinski definition) is 2. The lowest BCUT2D eigenvalue weighted by Crippen LogP contribution is -2.23. The summed E-state index contributed by atoms with van der Waals surface area (Å²) < 4.78 is 12.3. The van der Waals surface area contributed by atoms with Gasteiger partial charge in [0.25, 0.3) is 0 Å². The van der Waals surface area contributed by atoms with Crippen molar-refractivity contribution in [3.05, 3.63) is 35.9 Å². The fraction of sp³-hybridized carbons (Fsp3) is 0.818. The van der Waals surface area contributed by atoms with Gasteiger partial charge in [-0.25, -0.2) is 0 Å². The van der Waals surface area contributed by atoms with Gasteiger partial charge >= 0.3 is 0 Å². The third-order valence-electron chi connectivity index (χ3n) is 7.86. The van der Waals surface area contributed by atoms with E-state index in [-0.39, 0.29) is 0 Å². The Kier molecular flexibility index (Phi) is 19.4. The maximum absolute atomic E-state index is 6.27. The van der Waals surface area contributed by atoms with Crippen LogP contribution in [0.25, 0.3) is 0 Å². The van der Waals surface area contributed by atoms with Gasteiger partial charge in [0, 0.05) is 12.5 Å². The molecule has 0 unspecified atom stereocenters. The Labute approximate surface area is 219 Å². The Morgan fingerprint density at radius 3 is 1.69 bits per heavy atom. The second-order valence-corrected chi connectivity index (χ2v) is 11.1. The van der Waals surface area contributed by atoms with Crippen LogP contribution in [0.5, 0.6) is 0 Å². The molecule has 0 heterocycles. The zero-order chi connectivity index (χ0) is 24.7. The predicted octanol–water partition coefficient (Wildman–Crippen LogP) is 10.4. The average molecular weight is 487 g/mol. The van der Waals surface area contributed by atoms with Gasteiger partial charge in [0.1, 0.15) is 0 Å². The van der Waals surface area contributed by atoms with Crippen molar-refractivity contribution in [3.63, 3.8) is 0 Å². The fourth-order valence-corrected chi connectivity index (χ4v) is 5.55. The maximum atomic E-state index is 6.27. The molecule has 2 heteroatoms. The number of ether oxygens (including phenoxy) is 2. The van der Waals surface area contributed by atoms with E-state index in [1.807, 2.05) is 0 Å². The molecule has 1 aliphatic carbocycles. The summed E-state index contributed by atoms with van der Waals surface area (Å²) in [5.74, 6) is 0.592.